The summed E-state index contributed by atoms with van der Waals surface area (Å²) >= 11 is 0. The predicted octanol–water partition coefficient (Wildman–Crippen LogP) is 6.01. The van der Waals surface area contributed by atoms with E-state index in [-0.39, 0.29) is 22.8 Å². The monoisotopic (exact) mass is 502 g/mol. The van der Waals surface area contributed by atoms with Crippen molar-refractivity contribution in [1.82, 2.24) is 0 Å². The molecule has 0 radical (unpaired) electrons. The van der Waals surface area contributed by atoms with E-state index < -0.39 is 12.6 Å². The summed E-state index contributed by atoms with van der Waals surface area (Å²) < 4.78 is 23.2. The van der Waals surface area contributed by atoms with Crippen LogP contribution < -0.4 is 0 Å². The maximum Gasteiger partial charge on any atom is 0.314 e. The van der Waals surface area contributed by atoms with Crippen LogP contribution in [0.5, 0.6) is 0 Å². The van der Waals surface area contributed by atoms with Crippen molar-refractivity contribution in [1.29, 1.82) is 0 Å². The van der Waals surface area contributed by atoms with E-state index in [0.717, 1.165) is 86.9 Å². The molecular weight excluding hydrogens is 456 g/mol. The fraction of sp³-hybridized carbons (Fsp3) is 0.933. The normalized spacial score (nSPS) is 43.4. The molecule has 0 spiro atoms. The first kappa shape index (κ1) is 25.2. The van der Waals surface area contributed by atoms with Crippen LogP contribution in [0.15, 0.2) is 0 Å². The summed E-state index contributed by atoms with van der Waals surface area (Å²) in [7, 11) is 0. The van der Waals surface area contributed by atoms with Gasteiger partial charge in [-0.05, 0) is 139 Å². The molecule has 0 N–H and O–H groups in total. The summed E-state index contributed by atoms with van der Waals surface area (Å²) in [6, 6.07) is 0. The van der Waals surface area contributed by atoms with Crippen molar-refractivity contribution < 1.29 is 28.5 Å². The third-order valence-electron chi connectivity index (χ3n) is 10.7. The van der Waals surface area contributed by atoms with Gasteiger partial charge in [-0.1, -0.05) is 0 Å². The van der Waals surface area contributed by atoms with Crippen molar-refractivity contribution in [3.8, 4) is 0 Å². The van der Waals surface area contributed by atoms with Crippen molar-refractivity contribution in [2.75, 3.05) is 13.2 Å². The first-order valence-electron chi connectivity index (χ1n) is 15.0. The van der Waals surface area contributed by atoms with E-state index in [0.29, 0.717) is 13.2 Å². The van der Waals surface area contributed by atoms with Crippen LogP contribution in [0.4, 0.5) is 0 Å². The zero-order valence-corrected chi connectivity index (χ0v) is 22.4. The summed E-state index contributed by atoms with van der Waals surface area (Å²) in [6.07, 6.45) is 14.7. The summed E-state index contributed by atoms with van der Waals surface area (Å²) in [4.78, 5) is 26.1. The standard InChI is InChI=1S/C30H46O6/c1-19(35-27(31)29-13-21-7-22(14-29)9-23(8-21)15-29)33-5-3-4-6-34-20(2)36-28(32)30-16-24-10-25(17-30)12-26(11-24)18-30/h19-26H,3-18H2,1-2H3. The van der Waals surface area contributed by atoms with Gasteiger partial charge in [-0.2, -0.15) is 0 Å². The molecule has 8 saturated carbocycles. The lowest BCUT2D eigenvalue weighted by Crippen LogP contribution is -2.51. The summed E-state index contributed by atoms with van der Waals surface area (Å²) in [5, 5.41) is 0. The second kappa shape index (κ2) is 9.87. The second-order valence-electron chi connectivity index (χ2n) is 13.8. The van der Waals surface area contributed by atoms with Crippen LogP contribution in [0.1, 0.15) is 104 Å². The quantitative estimate of drug-likeness (QED) is 0.196. The molecule has 8 aliphatic carbocycles. The van der Waals surface area contributed by atoms with E-state index >= 15 is 0 Å². The molecule has 8 rings (SSSR count). The highest BCUT2D eigenvalue weighted by Crippen LogP contribution is 2.61. The molecule has 8 aliphatic rings. The maximum atomic E-state index is 13.0. The Morgan fingerprint density at radius 3 is 1.14 bits per heavy atom. The van der Waals surface area contributed by atoms with E-state index in [9.17, 15) is 9.59 Å². The fourth-order valence-corrected chi connectivity index (χ4v) is 10.0. The molecule has 0 amide bonds. The Kier molecular flexibility index (Phi) is 6.90. The van der Waals surface area contributed by atoms with E-state index in [1.165, 1.54) is 38.5 Å². The van der Waals surface area contributed by atoms with Gasteiger partial charge in [0, 0.05) is 0 Å². The lowest BCUT2D eigenvalue weighted by molar-refractivity contribution is -0.202. The molecule has 0 heterocycles. The largest absolute Gasteiger partial charge is 0.436 e. The van der Waals surface area contributed by atoms with Gasteiger partial charge in [-0.25, -0.2) is 0 Å². The molecule has 0 aromatic heterocycles. The Morgan fingerprint density at radius 2 is 0.861 bits per heavy atom. The molecule has 0 aromatic carbocycles. The highest BCUT2D eigenvalue weighted by Gasteiger charge is 2.57. The van der Waals surface area contributed by atoms with Crippen LogP contribution >= 0.6 is 0 Å². The molecule has 202 valence electrons. The summed E-state index contributed by atoms with van der Waals surface area (Å²) in [5.74, 6) is 4.34. The number of hydrogen-bond donors (Lipinski definition) is 0. The number of hydrogen-bond acceptors (Lipinski definition) is 6. The van der Waals surface area contributed by atoms with Gasteiger partial charge < -0.3 is 18.9 Å². The minimum absolute atomic E-state index is 0.0212. The molecule has 6 nitrogen and oxygen atoms in total. The summed E-state index contributed by atoms with van der Waals surface area (Å²) in [6.45, 7) is 4.72. The van der Waals surface area contributed by atoms with E-state index in [4.69, 9.17) is 18.9 Å². The average molecular weight is 503 g/mol. The van der Waals surface area contributed by atoms with Crippen molar-refractivity contribution in [3.63, 3.8) is 0 Å². The maximum absolute atomic E-state index is 13.0. The number of carbonyl (C=O) groups excluding carboxylic acids is 2. The molecule has 8 fully saturated rings. The Bertz CT molecular complexity index is 697. The number of unbranched alkanes of at least 4 members (excludes halogenated alkanes) is 1. The van der Waals surface area contributed by atoms with Crippen molar-refractivity contribution in [2.24, 2.45) is 46.3 Å². The van der Waals surface area contributed by atoms with Gasteiger partial charge in [0.1, 0.15) is 0 Å². The highest BCUT2D eigenvalue weighted by atomic mass is 16.7. The Hall–Kier alpha value is -1.14. The first-order chi connectivity index (χ1) is 17.3. The van der Waals surface area contributed by atoms with Gasteiger partial charge in [0.05, 0.1) is 24.0 Å². The number of carbonyl (C=O) groups is 2. The average Bonchev–Trinajstić information content (AvgIpc) is 2.79. The van der Waals surface area contributed by atoms with E-state index in [2.05, 4.69) is 0 Å². The smallest absolute Gasteiger partial charge is 0.314 e. The minimum atomic E-state index is -0.508. The van der Waals surface area contributed by atoms with Crippen LogP contribution in [0, 0.1) is 46.3 Å². The van der Waals surface area contributed by atoms with E-state index in [1.807, 2.05) is 13.8 Å². The lowest BCUT2D eigenvalue weighted by Gasteiger charge is -2.55. The Labute approximate surface area is 216 Å². The van der Waals surface area contributed by atoms with Gasteiger partial charge in [-0.3, -0.25) is 9.59 Å². The predicted molar refractivity (Wildman–Crippen MR) is 133 cm³/mol. The minimum Gasteiger partial charge on any atom is -0.436 e. The van der Waals surface area contributed by atoms with Gasteiger partial charge in [0.25, 0.3) is 0 Å². The molecule has 0 aliphatic heterocycles. The van der Waals surface area contributed by atoms with Gasteiger partial charge >= 0.3 is 11.9 Å². The Morgan fingerprint density at radius 1 is 0.583 bits per heavy atom. The van der Waals surface area contributed by atoms with Gasteiger partial charge in [0.2, 0.25) is 0 Å². The summed E-state index contributed by atoms with van der Waals surface area (Å²) in [5.41, 5.74) is -0.464. The first-order valence-corrected chi connectivity index (χ1v) is 15.0. The second-order valence-corrected chi connectivity index (χ2v) is 13.8. The molecule has 0 aromatic rings. The molecular formula is C30H46O6. The number of esters is 2. The topological polar surface area (TPSA) is 71.1 Å². The molecule has 8 bridgehead atoms. The van der Waals surface area contributed by atoms with Crippen LogP contribution in [0.2, 0.25) is 0 Å². The van der Waals surface area contributed by atoms with Crippen LogP contribution in [-0.4, -0.2) is 37.7 Å². The van der Waals surface area contributed by atoms with Crippen molar-refractivity contribution >= 4 is 11.9 Å². The van der Waals surface area contributed by atoms with Crippen LogP contribution in [0.3, 0.4) is 0 Å². The molecule has 2 unspecified atom stereocenters. The van der Waals surface area contributed by atoms with Crippen molar-refractivity contribution in [3.05, 3.63) is 0 Å². The zero-order chi connectivity index (χ0) is 24.9. The van der Waals surface area contributed by atoms with Crippen LogP contribution in [0.25, 0.3) is 0 Å². The number of rotatable bonds is 11. The third kappa shape index (κ3) is 4.98. The Balaban J connectivity index is 0.854. The zero-order valence-electron chi connectivity index (χ0n) is 22.4. The molecule has 6 heteroatoms. The number of ether oxygens (including phenoxy) is 4. The lowest BCUT2D eigenvalue weighted by atomic mass is 9.49. The van der Waals surface area contributed by atoms with Crippen molar-refractivity contribution in [2.45, 2.75) is 116 Å². The van der Waals surface area contributed by atoms with Gasteiger partial charge in [0.15, 0.2) is 12.6 Å². The molecule has 0 saturated heterocycles. The van der Waals surface area contributed by atoms with Gasteiger partial charge in [-0.15, -0.1) is 0 Å². The van der Waals surface area contributed by atoms with Crippen LogP contribution in [-0.2, 0) is 28.5 Å². The highest BCUT2D eigenvalue weighted by molar-refractivity contribution is 5.78. The SMILES string of the molecule is CC(OCCCCOC(C)OC(=O)C12CC3CC(CC(C3)C1)C2)OC(=O)C12CC3CC(CC(C3)C1)C2. The third-order valence-corrected chi connectivity index (χ3v) is 10.7. The van der Waals surface area contributed by atoms with E-state index in [1.54, 1.807) is 0 Å². The molecule has 2 atom stereocenters. The molecule has 36 heavy (non-hydrogen) atoms. The fourth-order valence-electron chi connectivity index (χ4n) is 10.0.